The average Bonchev–Trinajstić information content (AvgIpc) is 3.37. The van der Waals surface area contributed by atoms with Crippen LogP contribution in [0.1, 0.15) is 36.7 Å². The van der Waals surface area contributed by atoms with Crippen molar-refractivity contribution in [2.24, 2.45) is 12.8 Å². The number of carbonyl (C=O) groups is 1. The number of amidine groups is 1. The molecular formula is C36H41N7O. The highest BCUT2D eigenvalue weighted by atomic mass is 16.2. The molecule has 0 saturated carbocycles. The molecule has 1 aliphatic rings. The van der Waals surface area contributed by atoms with Crippen molar-refractivity contribution in [3.05, 3.63) is 102 Å². The molecule has 8 heteroatoms. The van der Waals surface area contributed by atoms with Gasteiger partial charge in [0.15, 0.2) is 0 Å². The number of aromatic nitrogens is 2. The molecule has 1 amide bonds. The van der Waals surface area contributed by atoms with Crippen molar-refractivity contribution in [2.75, 3.05) is 30.4 Å². The molecule has 0 radical (unpaired) electrons. The number of nitrogens with zero attached hydrogens (tertiary/aromatic N) is 4. The minimum absolute atomic E-state index is 0.0100. The smallest absolute Gasteiger partial charge is 0.241 e. The van der Waals surface area contributed by atoms with Crippen molar-refractivity contribution in [3.63, 3.8) is 0 Å². The Hall–Kier alpha value is -4.69. The van der Waals surface area contributed by atoms with E-state index in [2.05, 4.69) is 69.2 Å². The molecule has 4 N–H and O–H groups in total. The predicted molar refractivity (Wildman–Crippen MR) is 181 cm³/mol. The molecule has 1 fully saturated rings. The Morgan fingerprint density at radius 2 is 1.73 bits per heavy atom. The maximum Gasteiger partial charge on any atom is 0.241 e. The van der Waals surface area contributed by atoms with Crippen LogP contribution in [0.5, 0.6) is 0 Å². The molecule has 0 bridgehead atoms. The van der Waals surface area contributed by atoms with Crippen LogP contribution in [0.15, 0.2) is 84.9 Å². The summed E-state index contributed by atoms with van der Waals surface area (Å²) in [5.41, 5.74) is 11.4. The molecule has 1 aromatic heterocycles. The van der Waals surface area contributed by atoms with Crippen molar-refractivity contribution in [3.8, 4) is 0 Å². The third-order valence-corrected chi connectivity index (χ3v) is 9.26. The monoisotopic (exact) mass is 587 g/mol. The third-order valence-electron chi connectivity index (χ3n) is 9.26. The summed E-state index contributed by atoms with van der Waals surface area (Å²) in [4.78, 5) is 22.9. The van der Waals surface area contributed by atoms with Crippen LogP contribution in [0, 0.1) is 5.41 Å². The second-order valence-corrected chi connectivity index (χ2v) is 12.0. The van der Waals surface area contributed by atoms with E-state index < -0.39 is 0 Å². The van der Waals surface area contributed by atoms with E-state index in [1.54, 1.807) is 0 Å². The summed E-state index contributed by atoms with van der Waals surface area (Å²) in [6.07, 6.45) is 3.66. The first-order valence-electron chi connectivity index (χ1n) is 15.4. The summed E-state index contributed by atoms with van der Waals surface area (Å²) in [6, 6.07) is 29.1. The molecule has 1 atom stereocenters. The van der Waals surface area contributed by atoms with E-state index in [4.69, 9.17) is 16.1 Å². The lowest BCUT2D eigenvalue weighted by molar-refractivity contribution is -0.121. The van der Waals surface area contributed by atoms with Gasteiger partial charge in [-0.25, -0.2) is 4.98 Å². The van der Waals surface area contributed by atoms with Gasteiger partial charge >= 0.3 is 0 Å². The zero-order chi connectivity index (χ0) is 30.8. The van der Waals surface area contributed by atoms with Gasteiger partial charge in [-0.2, -0.15) is 0 Å². The van der Waals surface area contributed by atoms with Crippen molar-refractivity contribution in [1.82, 2.24) is 14.5 Å². The zero-order valence-corrected chi connectivity index (χ0v) is 25.8. The van der Waals surface area contributed by atoms with Crippen molar-refractivity contribution in [2.45, 2.75) is 44.7 Å². The molecule has 8 nitrogen and oxygen atoms in total. The van der Waals surface area contributed by atoms with Crippen molar-refractivity contribution >= 4 is 44.9 Å². The Morgan fingerprint density at radius 3 is 2.45 bits per heavy atom. The Balaban J connectivity index is 1.04. The fraction of sp³-hybridized carbons (Fsp3) is 0.306. The van der Waals surface area contributed by atoms with Crippen molar-refractivity contribution in [1.29, 1.82) is 5.41 Å². The fourth-order valence-corrected chi connectivity index (χ4v) is 6.34. The van der Waals surface area contributed by atoms with Gasteiger partial charge in [-0.05, 0) is 72.9 Å². The molecule has 44 heavy (non-hydrogen) atoms. The van der Waals surface area contributed by atoms with Gasteiger partial charge in [0.2, 0.25) is 5.91 Å². The number of nitrogens with one attached hydrogen (secondary N) is 2. The van der Waals surface area contributed by atoms with Gasteiger partial charge in [0.1, 0.15) is 11.7 Å². The number of hydrogen-bond acceptors (Lipinski definition) is 5. The van der Waals surface area contributed by atoms with Crippen LogP contribution >= 0.6 is 0 Å². The largest absolute Gasteiger partial charge is 0.384 e. The van der Waals surface area contributed by atoms with E-state index in [9.17, 15) is 4.79 Å². The number of likely N-dealkylation sites (tertiary alicyclic amines) is 1. The van der Waals surface area contributed by atoms with E-state index in [0.29, 0.717) is 6.04 Å². The highest BCUT2D eigenvalue weighted by Crippen LogP contribution is 2.27. The van der Waals surface area contributed by atoms with Gasteiger partial charge < -0.3 is 20.5 Å². The number of piperidine rings is 1. The SMILES string of the molecule is CC(C(=O)Nc1ccc2c(c1)nc(CCc1ccc(C(=N)N)cc1)n2C)N1CCC(N(C)c2ccc3ccccc3c2)CC1. The van der Waals surface area contributed by atoms with E-state index in [0.717, 1.165) is 66.9 Å². The van der Waals surface area contributed by atoms with Crippen LogP contribution in [0.2, 0.25) is 0 Å². The summed E-state index contributed by atoms with van der Waals surface area (Å²) in [5, 5.41) is 13.2. The van der Waals surface area contributed by atoms with Crippen LogP contribution in [0.4, 0.5) is 11.4 Å². The van der Waals surface area contributed by atoms with Gasteiger partial charge in [-0.15, -0.1) is 0 Å². The molecule has 0 spiro atoms. The van der Waals surface area contributed by atoms with E-state index in [1.165, 1.54) is 22.0 Å². The van der Waals surface area contributed by atoms with Gasteiger partial charge in [0.05, 0.1) is 17.1 Å². The number of rotatable bonds is 9. The first kappa shape index (κ1) is 29.4. The second kappa shape index (κ2) is 12.5. The molecule has 226 valence electrons. The number of aryl methyl sites for hydroxylation is 3. The number of anilines is 2. The van der Waals surface area contributed by atoms with Gasteiger partial charge in [-0.1, -0.05) is 54.6 Å². The van der Waals surface area contributed by atoms with Crippen LogP contribution in [-0.2, 0) is 24.7 Å². The number of benzene rings is 4. The van der Waals surface area contributed by atoms with E-state index >= 15 is 0 Å². The van der Waals surface area contributed by atoms with Crippen molar-refractivity contribution < 1.29 is 4.79 Å². The Kier molecular flexibility index (Phi) is 8.35. The Morgan fingerprint density at radius 1 is 1.00 bits per heavy atom. The third kappa shape index (κ3) is 6.17. The van der Waals surface area contributed by atoms with Gasteiger partial charge in [-0.3, -0.25) is 15.1 Å². The molecule has 6 rings (SSSR count). The summed E-state index contributed by atoms with van der Waals surface area (Å²) < 4.78 is 2.12. The molecule has 2 heterocycles. The lowest BCUT2D eigenvalue weighted by Gasteiger charge is -2.39. The zero-order valence-electron chi connectivity index (χ0n) is 25.8. The number of nitrogen functional groups attached to an aromatic ring is 1. The molecule has 0 aliphatic carbocycles. The molecule has 1 aliphatic heterocycles. The number of nitrogens with two attached hydrogens (primary N) is 1. The van der Waals surface area contributed by atoms with Crippen LogP contribution in [0.25, 0.3) is 21.8 Å². The fourth-order valence-electron chi connectivity index (χ4n) is 6.34. The first-order valence-corrected chi connectivity index (χ1v) is 15.4. The summed E-state index contributed by atoms with van der Waals surface area (Å²) in [6.45, 7) is 3.78. The quantitative estimate of drug-likeness (QED) is 0.151. The number of fused-ring (bicyclic) bond motifs is 2. The first-order chi connectivity index (χ1) is 21.3. The van der Waals surface area contributed by atoms with E-state index in [1.807, 2.05) is 56.4 Å². The maximum absolute atomic E-state index is 13.3. The average molecular weight is 588 g/mol. The van der Waals surface area contributed by atoms with Crippen LogP contribution in [-0.4, -0.2) is 58.4 Å². The number of hydrogen-bond donors (Lipinski definition) is 3. The maximum atomic E-state index is 13.3. The number of imidazole rings is 1. The lowest BCUT2D eigenvalue weighted by Crippen LogP contribution is -2.50. The Bertz CT molecular complexity index is 1800. The second-order valence-electron chi connectivity index (χ2n) is 12.0. The standard InChI is InChI=1S/C36H41N7O/c1-24(43-20-18-30(19-21-43)41(2)31-15-13-26-6-4-5-7-28(26)22-31)36(44)39-29-14-16-33-32(23-29)40-34(42(33)3)17-10-25-8-11-27(12-9-25)35(37)38/h4-9,11-16,22-24,30H,10,17-21H2,1-3H3,(H3,37,38)(H,39,44). The van der Waals surface area contributed by atoms with E-state index in [-0.39, 0.29) is 17.8 Å². The highest BCUT2D eigenvalue weighted by molar-refractivity contribution is 5.96. The number of amides is 1. The minimum Gasteiger partial charge on any atom is -0.384 e. The highest BCUT2D eigenvalue weighted by Gasteiger charge is 2.28. The molecule has 5 aromatic rings. The van der Waals surface area contributed by atoms with Gasteiger partial charge in [0, 0.05) is 56.6 Å². The number of carbonyl (C=O) groups excluding carboxylic acids is 1. The molecule has 1 saturated heterocycles. The normalized spacial score (nSPS) is 15.0. The summed E-state index contributed by atoms with van der Waals surface area (Å²) in [7, 11) is 4.22. The van der Waals surface area contributed by atoms with Gasteiger partial charge in [0.25, 0.3) is 0 Å². The topological polar surface area (TPSA) is 103 Å². The Labute approximate surface area is 259 Å². The minimum atomic E-state index is -0.216. The van der Waals surface area contributed by atoms with Crippen LogP contribution in [0.3, 0.4) is 0 Å². The summed E-state index contributed by atoms with van der Waals surface area (Å²) in [5.74, 6) is 1.08. The molecule has 1 unspecified atom stereocenters. The summed E-state index contributed by atoms with van der Waals surface area (Å²) >= 11 is 0. The van der Waals surface area contributed by atoms with Crippen LogP contribution < -0.4 is 16.0 Å². The lowest BCUT2D eigenvalue weighted by atomic mass is 10.0. The molecule has 4 aromatic carbocycles. The predicted octanol–water partition coefficient (Wildman–Crippen LogP) is 5.72. The molecular weight excluding hydrogens is 546 g/mol.